The molecule has 0 unspecified atom stereocenters. The van der Waals surface area contributed by atoms with Gasteiger partial charge in [-0.05, 0) is 48.9 Å². The zero-order valence-corrected chi connectivity index (χ0v) is 16.9. The highest BCUT2D eigenvalue weighted by atomic mass is 35.5. The maximum Gasteiger partial charge on any atom is 0.311 e. The number of halogens is 1. The normalized spacial score (nSPS) is 15.9. The summed E-state index contributed by atoms with van der Waals surface area (Å²) in [6, 6.07) is 12.1. The lowest BCUT2D eigenvalue weighted by atomic mass is 10.1. The van der Waals surface area contributed by atoms with Crippen molar-refractivity contribution in [1.82, 2.24) is 0 Å². The average molecular weight is 417 g/mol. The molecule has 1 atom stereocenters. The van der Waals surface area contributed by atoms with E-state index in [1.807, 2.05) is 6.92 Å². The Kier molecular flexibility index (Phi) is 6.39. The third-order valence-corrected chi connectivity index (χ3v) is 5.05. The molecular formula is C21H21ClN2O5. The number of carbonyl (C=O) groups is 3. The third kappa shape index (κ3) is 5.06. The number of esters is 1. The number of amides is 2. The van der Waals surface area contributed by atoms with Crippen LogP contribution in [0.1, 0.15) is 12.0 Å². The minimum atomic E-state index is -0.619. The fourth-order valence-electron chi connectivity index (χ4n) is 3.00. The summed E-state index contributed by atoms with van der Waals surface area (Å²) in [5.74, 6) is -1.17. The van der Waals surface area contributed by atoms with Crippen LogP contribution in [0.15, 0.2) is 42.5 Å². The fourth-order valence-corrected chi connectivity index (χ4v) is 3.18. The van der Waals surface area contributed by atoms with Gasteiger partial charge in [-0.15, -0.1) is 0 Å². The van der Waals surface area contributed by atoms with Crippen molar-refractivity contribution in [3.63, 3.8) is 0 Å². The number of aryl methyl sites for hydroxylation is 1. The summed E-state index contributed by atoms with van der Waals surface area (Å²) in [6.45, 7) is 1.63. The molecule has 1 heterocycles. The average Bonchev–Trinajstić information content (AvgIpc) is 3.11. The molecule has 1 aliphatic heterocycles. The highest BCUT2D eigenvalue weighted by Gasteiger charge is 2.36. The summed E-state index contributed by atoms with van der Waals surface area (Å²) in [5.41, 5.74) is 2.09. The van der Waals surface area contributed by atoms with E-state index in [0.29, 0.717) is 22.1 Å². The standard InChI is InChI=1S/C21H21ClN2O5/c1-13-3-4-15(10-18(13)22)23-19(25)12-29-21(27)14-9-20(26)24(11-14)16-5-7-17(28-2)8-6-16/h3-8,10,14H,9,11-12H2,1-2H3,(H,23,25)/t14-/m1/s1. The van der Waals surface area contributed by atoms with Crippen LogP contribution in [-0.2, 0) is 19.1 Å². The Morgan fingerprint density at radius 1 is 1.21 bits per heavy atom. The highest BCUT2D eigenvalue weighted by Crippen LogP contribution is 2.27. The molecule has 8 heteroatoms. The number of rotatable bonds is 6. The molecule has 7 nitrogen and oxygen atoms in total. The molecule has 0 radical (unpaired) electrons. The number of hydrogen-bond acceptors (Lipinski definition) is 5. The van der Waals surface area contributed by atoms with Crippen LogP contribution < -0.4 is 15.0 Å². The second kappa shape index (κ2) is 8.96. The SMILES string of the molecule is COc1ccc(N2C[C@H](C(=O)OCC(=O)Nc3ccc(C)c(Cl)c3)CC2=O)cc1. The first-order valence-electron chi connectivity index (χ1n) is 9.04. The lowest BCUT2D eigenvalue weighted by Gasteiger charge is -2.17. The molecule has 1 saturated heterocycles. The van der Waals surface area contributed by atoms with Crippen molar-refractivity contribution >= 4 is 40.8 Å². The monoisotopic (exact) mass is 416 g/mol. The molecule has 2 aromatic rings. The van der Waals surface area contributed by atoms with Gasteiger partial charge in [-0.2, -0.15) is 0 Å². The first kappa shape index (κ1) is 20.7. The van der Waals surface area contributed by atoms with Crippen LogP contribution >= 0.6 is 11.6 Å². The molecule has 0 aromatic heterocycles. The predicted octanol–water partition coefficient (Wildman–Crippen LogP) is 3.19. The van der Waals surface area contributed by atoms with Crippen molar-refractivity contribution in [1.29, 1.82) is 0 Å². The third-order valence-electron chi connectivity index (χ3n) is 4.64. The predicted molar refractivity (Wildman–Crippen MR) is 109 cm³/mol. The highest BCUT2D eigenvalue weighted by molar-refractivity contribution is 6.31. The number of methoxy groups -OCH3 is 1. The fraction of sp³-hybridized carbons (Fsp3) is 0.286. The van der Waals surface area contributed by atoms with Crippen molar-refractivity contribution in [2.75, 3.05) is 30.5 Å². The molecule has 3 rings (SSSR count). The van der Waals surface area contributed by atoms with Gasteiger partial charge in [-0.25, -0.2) is 0 Å². The van der Waals surface area contributed by atoms with Crippen LogP contribution in [0.5, 0.6) is 5.75 Å². The number of hydrogen-bond donors (Lipinski definition) is 1. The van der Waals surface area contributed by atoms with Gasteiger partial charge in [0.1, 0.15) is 5.75 Å². The van der Waals surface area contributed by atoms with E-state index in [2.05, 4.69) is 5.32 Å². The van der Waals surface area contributed by atoms with E-state index in [-0.39, 0.29) is 18.9 Å². The van der Waals surface area contributed by atoms with Crippen LogP contribution in [0, 0.1) is 12.8 Å². The molecule has 2 amide bonds. The quantitative estimate of drug-likeness (QED) is 0.731. The molecule has 1 N–H and O–H groups in total. The maximum absolute atomic E-state index is 12.3. The zero-order valence-electron chi connectivity index (χ0n) is 16.1. The Labute approximate surface area is 173 Å². The van der Waals surface area contributed by atoms with E-state index < -0.39 is 24.4 Å². The number of anilines is 2. The van der Waals surface area contributed by atoms with Gasteiger partial charge in [-0.1, -0.05) is 17.7 Å². The first-order valence-corrected chi connectivity index (χ1v) is 9.42. The van der Waals surface area contributed by atoms with Crippen LogP contribution in [0.25, 0.3) is 0 Å². The molecule has 0 spiro atoms. The number of ether oxygens (including phenoxy) is 2. The first-order chi connectivity index (χ1) is 13.9. The van der Waals surface area contributed by atoms with Crippen molar-refractivity contribution in [3.05, 3.63) is 53.1 Å². The van der Waals surface area contributed by atoms with Crippen LogP contribution in [-0.4, -0.2) is 38.0 Å². The Balaban J connectivity index is 1.52. The van der Waals surface area contributed by atoms with Crippen LogP contribution in [0.2, 0.25) is 5.02 Å². The Morgan fingerprint density at radius 2 is 1.93 bits per heavy atom. The van der Waals surface area contributed by atoms with Gasteiger partial charge in [0, 0.05) is 29.4 Å². The van der Waals surface area contributed by atoms with Crippen molar-refractivity contribution < 1.29 is 23.9 Å². The van der Waals surface area contributed by atoms with Gasteiger partial charge in [0.05, 0.1) is 13.0 Å². The molecule has 1 fully saturated rings. The molecule has 0 bridgehead atoms. The summed E-state index contributed by atoms with van der Waals surface area (Å²) < 4.78 is 10.2. The van der Waals surface area contributed by atoms with Gasteiger partial charge in [0.25, 0.3) is 5.91 Å². The number of benzene rings is 2. The van der Waals surface area contributed by atoms with Gasteiger partial charge >= 0.3 is 5.97 Å². The summed E-state index contributed by atoms with van der Waals surface area (Å²) in [4.78, 5) is 38.1. The lowest BCUT2D eigenvalue weighted by Crippen LogP contribution is -2.28. The van der Waals surface area contributed by atoms with E-state index in [4.69, 9.17) is 21.1 Å². The molecular weight excluding hydrogens is 396 g/mol. The minimum absolute atomic E-state index is 0.0417. The largest absolute Gasteiger partial charge is 0.497 e. The summed E-state index contributed by atoms with van der Waals surface area (Å²) in [6.07, 6.45) is 0.0417. The Morgan fingerprint density at radius 3 is 2.59 bits per heavy atom. The van der Waals surface area contributed by atoms with Crippen molar-refractivity contribution in [2.45, 2.75) is 13.3 Å². The summed E-state index contributed by atoms with van der Waals surface area (Å²) >= 11 is 6.03. The maximum atomic E-state index is 12.3. The number of nitrogens with one attached hydrogen (secondary N) is 1. The van der Waals surface area contributed by atoms with Gasteiger partial charge in [0.15, 0.2) is 6.61 Å². The van der Waals surface area contributed by atoms with E-state index in [1.54, 1.807) is 49.6 Å². The second-order valence-electron chi connectivity index (χ2n) is 6.72. The smallest absolute Gasteiger partial charge is 0.311 e. The van der Waals surface area contributed by atoms with E-state index in [1.165, 1.54) is 4.90 Å². The van der Waals surface area contributed by atoms with Gasteiger partial charge in [0.2, 0.25) is 5.91 Å². The molecule has 29 heavy (non-hydrogen) atoms. The van der Waals surface area contributed by atoms with Crippen molar-refractivity contribution in [3.8, 4) is 5.75 Å². The van der Waals surface area contributed by atoms with Crippen LogP contribution in [0.3, 0.4) is 0 Å². The van der Waals surface area contributed by atoms with Gasteiger partial charge in [-0.3, -0.25) is 14.4 Å². The Hall–Kier alpha value is -3.06. The number of carbonyl (C=O) groups excluding carboxylic acids is 3. The lowest BCUT2D eigenvalue weighted by molar-refractivity contribution is -0.151. The topological polar surface area (TPSA) is 84.9 Å². The minimum Gasteiger partial charge on any atom is -0.497 e. The molecule has 152 valence electrons. The molecule has 1 aliphatic rings. The van der Waals surface area contributed by atoms with Crippen molar-refractivity contribution in [2.24, 2.45) is 5.92 Å². The molecule has 0 aliphatic carbocycles. The summed E-state index contributed by atoms with van der Waals surface area (Å²) in [7, 11) is 1.56. The zero-order chi connectivity index (χ0) is 21.0. The second-order valence-corrected chi connectivity index (χ2v) is 7.13. The summed E-state index contributed by atoms with van der Waals surface area (Å²) in [5, 5.41) is 3.15. The van der Waals surface area contributed by atoms with E-state index >= 15 is 0 Å². The molecule has 0 saturated carbocycles. The van der Waals surface area contributed by atoms with Gasteiger partial charge < -0.3 is 19.7 Å². The van der Waals surface area contributed by atoms with Crippen LogP contribution in [0.4, 0.5) is 11.4 Å². The number of nitrogens with zero attached hydrogens (tertiary/aromatic N) is 1. The van der Waals surface area contributed by atoms with E-state index in [9.17, 15) is 14.4 Å². The molecule has 2 aromatic carbocycles. The van der Waals surface area contributed by atoms with E-state index in [0.717, 1.165) is 5.56 Å². The Bertz CT molecular complexity index is 929.